The van der Waals surface area contributed by atoms with E-state index >= 15 is 0 Å². The van der Waals surface area contributed by atoms with Gasteiger partial charge in [0, 0.05) is 16.4 Å². The number of hydrogen-bond acceptors (Lipinski definition) is 3. The van der Waals surface area contributed by atoms with Crippen LogP contribution in [0.3, 0.4) is 0 Å². The molecular formula is C15H14BrNO2S. The van der Waals surface area contributed by atoms with E-state index in [9.17, 15) is 8.42 Å². The standard InChI is InChI=1S/C15H14BrNO2S/c16-11-8-6-10(7-9-11)13-14(17)15(13)20(18,19)12-4-2-1-3-5-12/h1-9,13-15H,17H2. The highest BCUT2D eigenvalue weighted by Crippen LogP contribution is 2.47. The lowest BCUT2D eigenvalue weighted by molar-refractivity contribution is 0.593. The van der Waals surface area contributed by atoms with Gasteiger partial charge in [-0.25, -0.2) is 8.42 Å². The normalized spacial score (nSPS) is 25.4. The molecule has 20 heavy (non-hydrogen) atoms. The van der Waals surface area contributed by atoms with E-state index in [0.717, 1.165) is 10.0 Å². The third-order valence-electron chi connectivity index (χ3n) is 3.69. The SMILES string of the molecule is NC1C(c2ccc(Br)cc2)C1S(=O)(=O)c1ccccc1. The minimum Gasteiger partial charge on any atom is -0.326 e. The minimum atomic E-state index is -3.36. The summed E-state index contributed by atoms with van der Waals surface area (Å²) in [5.41, 5.74) is 6.99. The van der Waals surface area contributed by atoms with Gasteiger partial charge in [-0.05, 0) is 29.8 Å². The van der Waals surface area contributed by atoms with E-state index in [0.29, 0.717) is 4.90 Å². The Hall–Kier alpha value is -1.17. The summed E-state index contributed by atoms with van der Waals surface area (Å²) in [4.78, 5) is 0.347. The number of nitrogens with two attached hydrogens (primary N) is 1. The van der Waals surface area contributed by atoms with E-state index in [-0.39, 0.29) is 12.0 Å². The fraction of sp³-hybridized carbons (Fsp3) is 0.200. The van der Waals surface area contributed by atoms with E-state index in [2.05, 4.69) is 15.9 Å². The summed E-state index contributed by atoms with van der Waals surface area (Å²) in [6.45, 7) is 0. The van der Waals surface area contributed by atoms with Gasteiger partial charge in [-0.1, -0.05) is 46.3 Å². The summed E-state index contributed by atoms with van der Waals surface area (Å²) in [7, 11) is -3.36. The maximum Gasteiger partial charge on any atom is 0.183 e. The Morgan fingerprint density at radius 2 is 1.55 bits per heavy atom. The summed E-state index contributed by atoms with van der Waals surface area (Å²) in [5, 5.41) is -0.522. The predicted octanol–water partition coefficient (Wildman–Crippen LogP) is 2.72. The van der Waals surface area contributed by atoms with Crippen LogP contribution in [0.1, 0.15) is 11.5 Å². The van der Waals surface area contributed by atoms with Gasteiger partial charge < -0.3 is 5.73 Å². The first-order chi connectivity index (χ1) is 9.51. The molecule has 2 aromatic carbocycles. The highest BCUT2D eigenvalue weighted by atomic mass is 79.9. The van der Waals surface area contributed by atoms with Gasteiger partial charge in [0.25, 0.3) is 0 Å². The number of halogens is 1. The van der Waals surface area contributed by atoms with Crippen LogP contribution >= 0.6 is 15.9 Å². The molecule has 3 nitrogen and oxygen atoms in total. The zero-order chi connectivity index (χ0) is 14.3. The Balaban J connectivity index is 1.91. The fourth-order valence-corrected chi connectivity index (χ4v) is 4.90. The quantitative estimate of drug-likeness (QED) is 0.924. The van der Waals surface area contributed by atoms with Crippen molar-refractivity contribution in [3.05, 3.63) is 64.6 Å². The van der Waals surface area contributed by atoms with Crippen molar-refractivity contribution in [2.45, 2.75) is 22.1 Å². The van der Waals surface area contributed by atoms with Crippen molar-refractivity contribution in [2.24, 2.45) is 5.73 Å². The van der Waals surface area contributed by atoms with Gasteiger partial charge in [0.2, 0.25) is 0 Å². The number of sulfone groups is 1. The topological polar surface area (TPSA) is 60.2 Å². The molecule has 0 heterocycles. The van der Waals surface area contributed by atoms with Gasteiger partial charge in [0.05, 0.1) is 10.1 Å². The second kappa shape index (κ2) is 4.98. The Labute approximate surface area is 126 Å². The summed E-state index contributed by atoms with van der Waals surface area (Å²) < 4.78 is 26.1. The van der Waals surface area contributed by atoms with Crippen LogP contribution < -0.4 is 5.73 Å². The molecule has 0 radical (unpaired) electrons. The highest BCUT2D eigenvalue weighted by Gasteiger charge is 2.56. The molecule has 3 unspecified atom stereocenters. The van der Waals surface area contributed by atoms with Crippen molar-refractivity contribution in [2.75, 3.05) is 0 Å². The van der Waals surface area contributed by atoms with Crippen LogP contribution in [-0.2, 0) is 9.84 Å². The molecule has 0 spiro atoms. The number of rotatable bonds is 3. The second-order valence-corrected chi connectivity index (χ2v) is 8.00. The third-order valence-corrected chi connectivity index (χ3v) is 6.47. The average molecular weight is 352 g/mol. The predicted molar refractivity (Wildman–Crippen MR) is 82.3 cm³/mol. The molecule has 1 saturated carbocycles. The van der Waals surface area contributed by atoms with E-state index in [1.54, 1.807) is 30.3 Å². The molecule has 0 aliphatic heterocycles. The Morgan fingerprint density at radius 3 is 2.15 bits per heavy atom. The Bertz CT molecular complexity index is 713. The van der Waals surface area contributed by atoms with Gasteiger partial charge in [0.1, 0.15) is 0 Å². The fourth-order valence-electron chi connectivity index (χ4n) is 2.57. The molecule has 0 aromatic heterocycles. The van der Waals surface area contributed by atoms with Gasteiger partial charge in [-0.2, -0.15) is 0 Å². The molecular weight excluding hydrogens is 338 g/mol. The molecule has 0 amide bonds. The molecule has 3 atom stereocenters. The summed E-state index contributed by atoms with van der Waals surface area (Å²) in [6.07, 6.45) is 0. The largest absolute Gasteiger partial charge is 0.326 e. The smallest absolute Gasteiger partial charge is 0.183 e. The summed E-state index contributed by atoms with van der Waals surface area (Å²) in [6, 6.07) is 15.9. The van der Waals surface area contributed by atoms with E-state index in [4.69, 9.17) is 5.73 Å². The monoisotopic (exact) mass is 351 g/mol. The maximum atomic E-state index is 12.6. The number of hydrogen-bond donors (Lipinski definition) is 1. The van der Waals surface area contributed by atoms with Gasteiger partial charge in [0.15, 0.2) is 9.84 Å². The molecule has 5 heteroatoms. The first kappa shape index (κ1) is 13.8. The van der Waals surface area contributed by atoms with Crippen LogP contribution in [0.4, 0.5) is 0 Å². The summed E-state index contributed by atoms with van der Waals surface area (Å²) in [5.74, 6) is -0.117. The maximum absolute atomic E-state index is 12.6. The molecule has 3 rings (SSSR count). The van der Waals surface area contributed by atoms with E-state index in [1.165, 1.54) is 0 Å². The van der Waals surface area contributed by atoms with Crippen LogP contribution in [0.15, 0.2) is 64.0 Å². The zero-order valence-electron chi connectivity index (χ0n) is 10.6. The van der Waals surface area contributed by atoms with Gasteiger partial charge in [-0.3, -0.25) is 0 Å². The first-order valence-electron chi connectivity index (χ1n) is 6.32. The van der Waals surface area contributed by atoms with Crippen LogP contribution in [0.5, 0.6) is 0 Å². The van der Waals surface area contributed by atoms with E-state index in [1.807, 2.05) is 24.3 Å². The lowest BCUT2D eigenvalue weighted by Crippen LogP contribution is -2.15. The van der Waals surface area contributed by atoms with Crippen LogP contribution in [0.25, 0.3) is 0 Å². The van der Waals surface area contributed by atoms with Crippen molar-refractivity contribution in [1.29, 1.82) is 0 Å². The van der Waals surface area contributed by atoms with Crippen molar-refractivity contribution >= 4 is 25.8 Å². The number of benzene rings is 2. The van der Waals surface area contributed by atoms with Crippen molar-refractivity contribution in [1.82, 2.24) is 0 Å². The molecule has 2 N–H and O–H groups in total. The van der Waals surface area contributed by atoms with Gasteiger partial charge in [-0.15, -0.1) is 0 Å². The average Bonchev–Trinajstić information content (AvgIpc) is 3.13. The van der Waals surface area contributed by atoms with E-state index < -0.39 is 15.1 Å². The van der Waals surface area contributed by atoms with Crippen LogP contribution in [0.2, 0.25) is 0 Å². The third kappa shape index (κ3) is 2.30. The van der Waals surface area contributed by atoms with Crippen LogP contribution in [-0.4, -0.2) is 19.7 Å². The first-order valence-corrected chi connectivity index (χ1v) is 8.66. The molecule has 1 fully saturated rings. The Morgan fingerprint density at radius 1 is 0.950 bits per heavy atom. The minimum absolute atomic E-state index is 0.117. The highest BCUT2D eigenvalue weighted by molar-refractivity contribution is 9.10. The molecule has 2 aromatic rings. The zero-order valence-corrected chi connectivity index (χ0v) is 13.0. The molecule has 0 saturated heterocycles. The molecule has 1 aliphatic carbocycles. The van der Waals surface area contributed by atoms with Gasteiger partial charge >= 0.3 is 0 Å². The molecule has 0 bridgehead atoms. The second-order valence-electron chi connectivity index (χ2n) is 4.98. The summed E-state index contributed by atoms with van der Waals surface area (Å²) >= 11 is 3.37. The van der Waals surface area contributed by atoms with Crippen LogP contribution in [0, 0.1) is 0 Å². The van der Waals surface area contributed by atoms with Crippen molar-refractivity contribution < 1.29 is 8.42 Å². The molecule has 1 aliphatic rings. The lowest BCUT2D eigenvalue weighted by Gasteiger charge is -2.04. The molecule has 104 valence electrons. The van der Waals surface area contributed by atoms with Crippen molar-refractivity contribution in [3.63, 3.8) is 0 Å². The van der Waals surface area contributed by atoms with Crippen molar-refractivity contribution in [3.8, 4) is 0 Å². The lowest BCUT2D eigenvalue weighted by atomic mass is 10.1. The Kier molecular flexibility index (Phi) is 3.44.